The second-order valence-corrected chi connectivity index (χ2v) is 6.51. The van der Waals surface area contributed by atoms with E-state index < -0.39 is 23.4 Å². The molecule has 1 aromatic heterocycles. The van der Waals surface area contributed by atoms with Gasteiger partial charge in [0.15, 0.2) is 5.82 Å². The van der Waals surface area contributed by atoms with Gasteiger partial charge in [-0.05, 0) is 41.5 Å². The standard InChI is InChI=1S/C23H13F5N2/c24-18-2-1-3-19(25)21(18)22-29-13-12-20(30-22)16-6-4-14(5-7-16)15-8-10-17(11-9-15)23(26,27)28/h1-13H. The molecule has 0 aliphatic heterocycles. The van der Waals surface area contributed by atoms with Crippen molar-refractivity contribution in [3.8, 4) is 33.8 Å². The molecule has 4 aromatic rings. The van der Waals surface area contributed by atoms with Crippen LogP contribution in [-0.2, 0) is 6.18 Å². The van der Waals surface area contributed by atoms with E-state index in [1.165, 1.54) is 24.4 Å². The van der Waals surface area contributed by atoms with E-state index in [9.17, 15) is 22.0 Å². The lowest BCUT2D eigenvalue weighted by Crippen LogP contribution is -2.03. The van der Waals surface area contributed by atoms with Crippen molar-refractivity contribution in [2.45, 2.75) is 6.18 Å². The molecule has 0 saturated heterocycles. The summed E-state index contributed by atoms with van der Waals surface area (Å²) < 4.78 is 66.2. The Morgan fingerprint density at radius 1 is 0.633 bits per heavy atom. The van der Waals surface area contributed by atoms with E-state index in [0.717, 1.165) is 29.8 Å². The molecule has 0 bridgehead atoms. The van der Waals surface area contributed by atoms with Crippen LogP contribution in [0.15, 0.2) is 79.0 Å². The van der Waals surface area contributed by atoms with Crippen molar-refractivity contribution in [3.63, 3.8) is 0 Å². The van der Waals surface area contributed by atoms with Gasteiger partial charge >= 0.3 is 6.18 Å². The normalized spacial score (nSPS) is 11.5. The zero-order valence-corrected chi connectivity index (χ0v) is 15.3. The molecule has 2 nitrogen and oxygen atoms in total. The Balaban J connectivity index is 1.64. The summed E-state index contributed by atoms with van der Waals surface area (Å²) in [6.07, 6.45) is -2.97. The Morgan fingerprint density at radius 2 is 1.17 bits per heavy atom. The Bertz CT molecular complexity index is 1160. The van der Waals surface area contributed by atoms with Crippen LogP contribution in [0.5, 0.6) is 0 Å². The Labute approximate surface area is 168 Å². The average Bonchev–Trinajstić information content (AvgIpc) is 2.73. The van der Waals surface area contributed by atoms with Gasteiger partial charge in [-0.15, -0.1) is 0 Å². The maximum atomic E-state index is 14.0. The minimum absolute atomic E-state index is 0.0742. The molecule has 0 unspecified atom stereocenters. The van der Waals surface area contributed by atoms with Crippen molar-refractivity contribution < 1.29 is 22.0 Å². The number of alkyl halides is 3. The highest BCUT2D eigenvalue weighted by molar-refractivity contribution is 5.70. The van der Waals surface area contributed by atoms with Crippen molar-refractivity contribution in [2.75, 3.05) is 0 Å². The summed E-state index contributed by atoms with van der Waals surface area (Å²) in [5.74, 6) is -1.59. The number of nitrogens with zero attached hydrogens (tertiary/aromatic N) is 2. The summed E-state index contributed by atoms with van der Waals surface area (Å²) in [7, 11) is 0. The summed E-state index contributed by atoms with van der Waals surface area (Å²) in [5.41, 5.74) is 1.47. The number of aromatic nitrogens is 2. The fourth-order valence-electron chi connectivity index (χ4n) is 3.04. The minimum atomic E-state index is -4.38. The highest BCUT2D eigenvalue weighted by Gasteiger charge is 2.29. The van der Waals surface area contributed by atoms with E-state index in [1.807, 2.05) is 0 Å². The summed E-state index contributed by atoms with van der Waals surface area (Å²) in [4.78, 5) is 8.23. The zero-order valence-electron chi connectivity index (χ0n) is 15.3. The first-order chi connectivity index (χ1) is 14.3. The molecule has 0 aliphatic carbocycles. The van der Waals surface area contributed by atoms with E-state index in [0.29, 0.717) is 16.8 Å². The van der Waals surface area contributed by atoms with Crippen LogP contribution in [0.2, 0.25) is 0 Å². The quantitative estimate of drug-likeness (QED) is 0.347. The molecule has 1 heterocycles. The van der Waals surface area contributed by atoms with Crippen LogP contribution in [-0.4, -0.2) is 9.97 Å². The first-order valence-electron chi connectivity index (χ1n) is 8.88. The van der Waals surface area contributed by atoms with Crippen LogP contribution >= 0.6 is 0 Å². The number of halogens is 5. The van der Waals surface area contributed by atoms with Crippen molar-refractivity contribution >= 4 is 0 Å². The topological polar surface area (TPSA) is 25.8 Å². The molecule has 0 fully saturated rings. The molecule has 0 saturated carbocycles. The molecule has 4 rings (SSSR count). The largest absolute Gasteiger partial charge is 0.416 e. The van der Waals surface area contributed by atoms with Crippen LogP contribution in [0, 0.1) is 11.6 Å². The fourth-order valence-corrected chi connectivity index (χ4v) is 3.04. The smallest absolute Gasteiger partial charge is 0.236 e. The van der Waals surface area contributed by atoms with Crippen LogP contribution in [0.3, 0.4) is 0 Å². The van der Waals surface area contributed by atoms with Crippen LogP contribution in [0.25, 0.3) is 33.8 Å². The lowest BCUT2D eigenvalue weighted by atomic mass is 10.0. The molecule has 30 heavy (non-hydrogen) atoms. The zero-order chi connectivity index (χ0) is 21.3. The van der Waals surface area contributed by atoms with Gasteiger partial charge in [0, 0.05) is 11.8 Å². The van der Waals surface area contributed by atoms with Gasteiger partial charge in [-0.2, -0.15) is 13.2 Å². The highest BCUT2D eigenvalue weighted by atomic mass is 19.4. The first kappa shape index (κ1) is 19.7. The van der Waals surface area contributed by atoms with E-state index in [2.05, 4.69) is 9.97 Å². The van der Waals surface area contributed by atoms with Gasteiger partial charge in [0.2, 0.25) is 0 Å². The summed E-state index contributed by atoms with van der Waals surface area (Å²) >= 11 is 0. The van der Waals surface area contributed by atoms with Gasteiger partial charge in [-0.1, -0.05) is 42.5 Å². The molecule has 0 N–H and O–H groups in total. The molecule has 0 aliphatic rings. The summed E-state index contributed by atoms with van der Waals surface area (Å²) in [5, 5.41) is 0. The fraction of sp³-hybridized carbons (Fsp3) is 0.0435. The van der Waals surface area contributed by atoms with Gasteiger partial charge in [-0.25, -0.2) is 18.7 Å². The molecule has 0 atom stereocenters. The third-order valence-corrected chi connectivity index (χ3v) is 4.57. The SMILES string of the molecule is Fc1cccc(F)c1-c1nccc(-c2ccc(-c3ccc(C(F)(F)F)cc3)cc2)n1. The summed E-state index contributed by atoms with van der Waals surface area (Å²) in [6.45, 7) is 0. The third-order valence-electron chi connectivity index (χ3n) is 4.57. The monoisotopic (exact) mass is 412 g/mol. The molecule has 150 valence electrons. The Morgan fingerprint density at radius 3 is 1.73 bits per heavy atom. The molecule has 3 aromatic carbocycles. The highest BCUT2D eigenvalue weighted by Crippen LogP contribution is 2.32. The van der Waals surface area contributed by atoms with Gasteiger partial charge in [-0.3, -0.25) is 0 Å². The number of hydrogen-bond acceptors (Lipinski definition) is 2. The van der Waals surface area contributed by atoms with E-state index in [-0.39, 0.29) is 11.4 Å². The van der Waals surface area contributed by atoms with Crippen LogP contribution in [0.4, 0.5) is 22.0 Å². The average molecular weight is 412 g/mol. The van der Waals surface area contributed by atoms with E-state index in [4.69, 9.17) is 0 Å². The van der Waals surface area contributed by atoms with Gasteiger partial charge in [0.1, 0.15) is 11.6 Å². The molecular formula is C23H13F5N2. The van der Waals surface area contributed by atoms with Crippen molar-refractivity contribution in [1.82, 2.24) is 9.97 Å². The molecule has 0 radical (unpaired) electrons. The van der Waals surface area contributed by atoms with E-state index >= 15 is 0 Å². The van der Waals surface area contributed by atoms with Crippen molar-refractivity contribution in [2.24, 2.45) is 0 Å². The van der Waals surface area contributed by atoms with Crippen molar-refractivity contribution in [3.05, 3.63) is 96.2 Å². The van der Waals surface area contributed by atoms with Crippen LogP contribution < -0.4 is 0 Å². The Hall–Kier alpha value is -3.61. The predicted octanol–water partition coefficient (Wildman–Crippen LogP) is 6.77. The third kappa shape index (κ3) is 3.91. The minimum Gasteiger partial charge on any atom is -0.236 e. The molecule has 0 amide bonds. The molecule has 7 heteroatoms. The molecule has 0 spiro atoms. The van der Waals surface area contributed by atoms with Crippen LogP contribution in [0.1, 0.15) is 5.56 Å². The van der Waals surface area contributed by atoms with Gasteiger partial charge in [0.25, 0.3) is 0 Å². The maximum absolute atomic E-state index is 14.0. The lowest BCUT2D eigenvalue weighted by molar-refractivity contribution is -0.137. The molecular weight excluding hydrogens is 399 g/mol. The number of benzene rings is 3. The number of hydrogen-bond donors (Lipinski definition) is 0. The lowest BCUT2D eigenvalue weighted by Gasteiger charge is -2.09. The maximum Gasteiger partial charge on any atom is 0.416 e. The van der Waals surface area contributed by atoms with Gasteiger partial charge < -0.3 is 0 Å². The number of rotatable bonds is 3. The first-order valence-corrected chi connectivity index (χ1v) is 8.88. The Kier molecular flexibility index (Phi) is 5.03. The predicted molar refractivity (Wildman–Crippen MR) is 103 cm³/mol. The van der Waals surface area contributed by atoms with E-state index in [1.54, 1.807) is 30.3 Å². The summed E-state index contributed by atoms with van der Waals surface area (Å²) in [6, 6.07) is 16.9. The van der Waals surface area contributed by atoms with Crippen molar-refractivity contribution in [1.29, 1.82) is 0 Å². The second-order valence-electron chi connectivity index (χ2n) is 6.51. The van der Waals surface area contributed by atoms with Gasteiger partial charge in [0.05, 0.1) is 16.8 Å². The second kappa shape index (κ2) is 7.67.